The van der Waals surface area contributed by atoms with Gasteiger partial charge in [-0.3, -0.25) is 0 Å². The van der Waals surface area contributed by atoms with Crippen LogP contribution in [0.3, 0.4) is 0 Å². The van der Waals surface area contributed by atoms with Crippen LogP contribution in [0.4, 0.5) is 0 Å². The second-order valence-electron chi connectivity index (χ2n) is 9.01. The van der Waals surface area contributed by atoms with Crippen molar-refractivity contribution in [2.24, 2.45) is 0 Å². The third-order valence-electron chi connectivity index (χ3n) is 5.62. The molecule has 0 N–H and O–H groups in total. The Hall–Kier alpha value is -4.74. The third-order valence-corrected chi connectivity index (χ3v) is 13.9. The molecule has 0 heterocycles. The van der Waals surface area contributed by atoms with E-state index in [9.17, 15) is 26.0 Å². The minimum absolute atomic E-state index is 0.0669. The Kier molecular flexibility index (Phi) is 9.74. The molecule has 0 bridgehead atoms. The number of benzene rings is 5. The summed E-state index contributed by atoms with van der Waals surface area (Å²) >= 11 is 0. The summed E-state index contributed by atoms with van der Waals surface area (Å²) in [6.45, 7) is -10.2. The molecule has 12 nitrogen and oxygen atoms in total. The molecule has 5 aromatic carbocycles. The van der Waals surface area contributed by atoms with Crippen molar-refractivity contribution >= 4 is 33.1 Å². The van der Waals surface area contributed by atoms with Crippen LogP contribution in [0.15, 0.2) is 146 Å². The van der Waals surface area contributed by atoms with E-state index in [4.69, 9.17) is 26.5 Å². The maximum absolute atomic E-state index is 13.7. The zero-order chi connectivity index (χ0) is 32.7. The molecule has 46 heavy (non-hydrogen) atoms. The topological polar surface area (TPSA) is 158 Å². The van der Waals surface area contributed by atoms with E-state index in [0.717, 1.165) is 24.3 Å². The van der Waals surface area contributed by atoms with Gasteiger partial charge in [-0.2, -0.15) is 16.8 Å². The second kappa shape index (κ2) is 13.7. The van der Waals surface area contributed by atoms with Gasteiger partial charge in [-0.15, -0.1) is 0 Å². The number of para-hydroxylation sites is 4. The van der Waals surface area contributed by atoms with Crippen molar-refractivity contribution in [3.05, 3.63) is 146 Å². The van der Waals surface area contributed by atoms with Crippen molar-refractivity contribution < 1.29 is 52.4 Å². The van der Waals surface area contributed by atoms with Crippen molar-refractivity contribution in [3.8, 4) is 34.5 Å². The average molecular weight is 703 g/mol. The van der Waals surface area contributed by atoms with E-state index in [1.807, 2.05) is 0 Å². The smallest absolute Gasteiger partial charge is 0.403 e. The Morgan fingerprint density at radius 2 is 0.543 bits per heavy atom. The zero-order valence-electron chi connectivity index (χ0n) is 23.5. The van der Waals surface area contributed by atoms with Crippen LogP contribution in [0.2, 0.25) is 0 Å². The van der Waals surface area contributed by atoms with Crippen LogP contribution in [0.1, 0.15) is 0 Å². The fraction of sp³-hybridized carbons (Fsp3) is 0. The summed E-state index contributed by atoms with van der Waals surface area (Å²) < 4.78 is 112. The van der Waals surface area contributed by atoms with Gasteiger partial charge in [0.05, 0.1) is 0 Å². The van der Waals surface area contributed by atoms with Crippen LogP contribution in [0.25, 0.3) is 0 Å². The lowest BCUT2D eigenvalue weighted by Gasteiger charge is -2.20. The van der Waals surface area contributed by atoms with Gasteiger partial charge in [-0.1, -0.05) is 72.8 Å². The molecule has 0 aliphatic heterocycles. The van der Waals surface area contributed by atoms with E-state index in [-0.39, 0.29) is 23.0 Å². The summed E-state index contributed by atoms with van der Waals surface area (Å²) in [5, 5.41) is 0. The van der Waals surface area contributed by atoms with Gasteiger partial charge in [-0.25, -0.2) is 9.13 Å². The molecule has 0 atom stereocenters. The molecule has 16 heteroatoms. The molecule has 238 valence electrons. The van der Waals surface area contributed by atoms with Gasteiger partial charge in [-0.05, 0) is 72.8 Å². The van der Waals surface area contributed by atoms with Crippen LogP contribution in [0.5, 0.6) is 34.5 Å². The number of hydrogen-bond acceptors (Lipinski definition) is 12. The lowest BCUT2D eigenvalue weighted by Crippen LogP contribution is -2.18. The van der Waals surface area contributed by atoms with E-state index in [1.54, 1.807) is 24.3 Å². The molecule has 0 amide bonds. The van der Waals surface area contributed by atoms with Crippen LogP contribution >= 0.6 is 13.6 Å². The molecular formula is C30H24O12P2S2. The van der Waals surface area contributed by atoms with Crippen molar-refractivity contribution in [1.29, 1.82) is 0 Å². The van der Waals surface area contributed by atoms with Crippen LogP contribution in [0, 0.1) is 0 Å². The average Bonchev–Trinajstić information content (AvgIpc) is 3.03. The van der Waals surface area contributed by atoms with Gasteiger partial charge >= 0.3 is 33.1 Å². The van der Waals surface area contributed by atoms with E-state index in [0.29, 0.717) is 0 Å². The SMILES string of the molecule is O=P(Oc1ccccc1)(Oc1ccccc1)S(=O)(=O)Oc1ccc(OS(=O)(=O)P(=O)(Oc2ccccc2)Oc2ccccc2)cc1. The molecule has 0 unspecified atom stereocenters. The molecule has 5 aromatic rings. The Morgan fingerprint density at radius 1 is 0.326 bits per heavy atom. The largest absolute Gasteiger partial charge is 0.586 e. The van der Waals surface area contributed by atoms with Crippen LogP contribution in [-0.2, 0) is 28.6 Å². The van der Waals surface area contributed by atoms with E-state index < -0.39 is 44.6 Å². The maximum atomic E-state index is 13.7. The molecule has 0 aliphatic carbocycles. The highest BCUT2D eigenvalue weighted by Gasteiger charge is 2.49. The van der Waals surface area contributed by atoms with Gasteiger partial charge in [0, 0.05) is 0 Å². The minimum Gasteiger partial charge on any atom is -0.403 e. The Labute approximate surface area is 264 Å². The van der Waals surface area contributed by atoms with Crippen molar-refractivity contribution in [2.75, 3.05) is 0 Å². The summed E-state index contributed by atoms with van der Waals surface area (Å²) in [4.78, 5) is 0. The Balaban J connectivity index is 1.38. The summed E-state index contributed by atoms with van der Waals surface area (Å²) in [5.74, 6) is -1.07. The Morgan fingerprint density at radius 3 is 0.761 bits per heavy atom. The molecule has 0 saturated carbocycles. The molecule has 0 spiro atoms. The van der Waals surface area contributed by atoms with Gasteiger partial charge in [0.2, 0.25) is 0 Å². The molecule has 0 aliphatic rings. The minimum atomic E-state index is -5.14. The Bertz CT molecular complexity index is 1820. The summed E-state index contributed by atoms with van der Waals surface area (Å²) in [5.41, 5.74) is 0. The van der Waals surface area contributed by atoms with Gasteiger partial charge in [0.15, 0.2) is 0 Å². The monoisotopic (exact) mass is 702 g/mol. The first kappa shape index (κ1) is 32.6. The highest BCUT2D eigenvalue weighted by atomic mass is 32.8. The zero-order valence-corrected chi connectivity index (χ0v) is 26.9. The maximum Gasteiger partial charge on any atom is 0.586 e. The highest BCUT2D eigenvalue weighted by molar-refractivity contribution is 8.47. The van der Waals surface area contributed by atoms with Gasteiger partial charge < -0.3 is 26.5 Å². The van der Waals surface area contributed by atoms with E-state index in [1.165, 1.54) is 97.1 Å². The standard InChI is InChI=1S/C30H24O12P2S2/c31-43(37-25-13-5-1-6-14-25,38-26-15-7-2-8-16-26)45(33,34)41-29-21-23-30(24-22-29)42-46(35,36)44(32,39-27-17-9-3-10-18-27)40-28-19-11-4-12-20-28/h1-24H. The highest BCUT2D eigenvalue weighted by Crippen LogP contribution is 2.56. The molecular weight excluding hydrogens is 678 g/mol. The summed E-state index contributed by atoms with van der Waals surface area (Å²) in [7, 11) is -10.3. The van der Waals surface area contributed by atoms with Crippen molar-refractivity contribution in [1.82, 2.24) is 0 Å². The normalized spacial score (nSPS) is 12.0. The lowest BCUT2D eigenvalue weighted by atomic mass is 10.3. The van der Waals surface area contributed by atoms with Crippen LogP contribution < -0.4 is 26.5 Å². The fourth-order valence-electron chi connectivity index (χ4n) is 3.55. The number of hydrogen-bond donors (Lipinski definition) is 0. The molecule has 0 radical (unpaired) electrons. The first-order valence-corrected chi connectivity index (χ1v) is 20.3. The quantitative estimate of drug-likeness (QED) is 0.104. The lowest BCUT2D eigenvalue weighted by molar-refractivity contribution is 0.389. The molecule has 5 rings (SSSR count). The second-order valence-corrected chi connectivity index (χ2v) is 18.9. The van der Waals surface area contributed by atoms with Crippen LogP contribution in [-0.4, -0.2) is 16.8 Å². The fourth-order valence-corrected chi connectivity index (χ4v) is 9.59. The van der Waals surface area contributed by atoms with E-state index in [2.05, 4.69) is 0 Å². The van der Waals surface area contributed by atoms with Gasteiger partial charge in [0.1, 0.15) is 34.5 Å². The molecule has 0 saturated heterocycles. The van der Waals surface area contributed by atoms with Crippen molar-refractivity contribution in [2.45, 2.75) is 0 Å². The molecule has 0 fully saturated rings. The first-order valence-electron chi connectivity index (χ1n) is 13.1. The van der Waals surface area contributed by atoms with Crippen molar-refractivity contribution in [3.63, 3.8) is 0 Å². The molecule has 0 aromatic heterocycles. The summed E-state index contributed by atoms with van der Waals surface area (Å²) in [6, 6.07) is 34.0. The first-order chi connectivity index (χ1) is 22.0. The van der Waals surface area contributed by atoms with Gasteiger partial charge in [0.25, 0.3) is 0 Å². The summed E-state index contributed by atoms with van der Waals surface area (Å²) in [6.07, 6.45) is 0. The van der Waals surface area contributed by atoms with E-state index >= 15 is 0 Å². The number of rotatable bonds is 14. The third kappa shape index (κ3) is 7.91. The predicted molar refractivity (Wildman–Crippen MR) is 169 cm³/mol. The predicted octanol–water partition coefficient (Wildman–Crippen LogP) is 7.64.